The Bertz CT molecular complexity index is 259. The molecule has 4 heteroatoms. The monoisotopic (exact) mass is 139 g/mol. The molecule has 0 unspecified atom stereocenters. The van der Waals surface area contributed by atoms with E-state index in [-0.39, 0.29) is 11.4 Å². The lowest BCUT2D eigenvalue weighted by Crippen LogP contribution is -1.84. The molecule has 0 aliphatic rings. The third-order valence-corrected chi connectivity index (χ3v) is 0.997. The molecule has 1 rings (SSSR count). The number of aromatic nitrogens is 1. The maximum Gasteiger partial charge on any atom is 0.254 e. The molecule has 0 fully saturated rings. The zero-order valence-electron chi connectivity index (χ0n) is 4.98. The van der Waals surface area contributed by atoms with Crippen LogP contribution in [0.25, 0.3) is 0 Å². The topological polar surface area (TPSA) is 70.4 Å². The molecule has 0 saturated heterocycles. The molecule has 0 saturated carbocycles. The van der Waals surface area contributed by atoms with Crippen molar-refractivity contribution in [3.05, 3.63) is 17.8 Å². The van der Waals surface area contributed by atoms with Crippen LogP contribution in [0, 0.1) is 0 Å². The van der Waals surface area contributed by atoms with Crippen molar-refractivity contribution in [2.75, 3.05) is 0 Å². The van der Waals surface area contributed by atoms with Crippen molar-refractivity contribution < 1.29 is 15.0 Å². The maximum absolute atomic E-state index is 10.0. The predicted molar refractivity (Wildman–Crippen MR) is 33.0 cm³/mol. The Hall–Kier alpha value is -1.58. The second-order valence-corrected chi connectivity index (χ2v) is 1.70. The van der Waals surface area contributed by atoms with Crippen molar-refractivity contribution in [3.63, 3.8) is 0 Å². The van der Waals surface area contributed by atoms with Crippen LogP contribution in [0.4, 0.5) is 0 Å². The van der Waals surface area contributed by atoms with Crippen molar-refractivity contribution in [2.45, 2.75) is 0 Å². The first-order valence-corrected chi connectivity index (χ1v) is 2.58. The molecule has 52 valence electrons. The standard InChI is InChI=1S/C6H5NO3/c8-3-4-1-2-5(9)6(10)7-4/h1-3,9H,(H,7,10). The van der Waals surface area contributed by atoms with Crippen LogP contribution in [-0.4, -0.2) is 21.5 Å². The van der Waals surface area contributed by atoms with E-state index >= 15 is 0 Å². The van der Waals surface area contributed by atoms with Gasteiger partial charge in [0.15, 0.2) is 12.0 Å². The first kappa shape index (κ1) is 6.54. The SMILES string of the molecule is O=Cc1ccc(O)c(O)n1. The maximum atomic E-state index is 10.0. The molecule has 0 amide bonds. The second kappa shape index (κ2) is 2.34. The normalized spacial score (nSPS) is 9.20. The highest BCUT2D eigenvalue weighted by molar-refractivity contribution is 5.72. The van der Waals surface area contributed by atoms with E-state index in [9.17, 15) is 4.79 Å². The van der Waals surface area contributed by atoms with Crippen LogP contribution in [0.5, 0.6) is 11.6 Å². The van der Waals surface area contributed by atoms with E-state index < -0.39 is 5.88 Å². The van der Waals surface area contributed by atoms with Gasteiger partial charge in [-0.25, -0.2) is 4.98 Å². The van der Waals surface area contributed by atoms with Crippen molar-refractivity contribution >= 4 is 6.29 Å². The average Bonchev–Trinajstić information content (AvgIpc) is 1.95. The van der Waals surface area contributed by atoms with Crippen molar-refractivity contribution in [1.29, 1.82) is 0 Å². The Labute approximate surface area is 56.8 Å². The minimum absolute atomic E-state index is 0.0929. The van der Waals surface area contributed by atoms with Crippen LogP contribution in [0.15, 0.2) is 12.1 Å². The molecule has 0 spiro atoms. The summed E-state index contributed by atoms with van der Waals surface area (Å²) in [6, 6.07) is 2.51. The van der Waals surface area contributed by atoms with E-state index in [1.807, 2.05) is 0 Å². The summed E-state index contributed by atoms with van der Waals surface area (Å²) >= 11 is 0. The fraction of sp³-hybridized carbons (Fsp3) is 0. The van der Waals surface area contributed by atoms with Crippen molar-refractivity contribution in [1.82, 2.24) is 4.98 Å². The van der Waals surface area contributed by atoms with Gasteiger partial charge in [-0.2, -0.15) is 0 Å². The molecule has 1 heterocycles. The van der Waals surface area contributed by atoms with E-state index in [2.05, 4.69) is 4.98 Å². The molecular formula is C6H5NO3. The highest BCUT2D eigenvalue weighted by atomic mass is 16.3. The van der Waals surface area contributed by atoms with Gasteiger partial charge in [-0.15, -0.1) is 0 Å². The Balaban J connectivity index is 3.16. The van der Waals surface area contributed by atoms with Gasteiger partial charge in [0.05, 0.1) is 0 Å². The third-order valence-electron chi connectivity index (χ3n) is 0.997. The van der Waals surface area contributed by atoms with E-state index in [1.165, 1.54) is 12.1 Å². The smallest absolute Gasteiger partial charge is 0.254 e. The molecule has 0 atom stereocenters. The minimum Gasteiger partial charge on any atom is -0.503 e. The summed E-state index contributed by atoms with van der Waals surface area (Å²) < 4.78 is 0. The summed E-state index contributed by atoms with van der Waals surface area (Å²) in [4.78, 5) is 13.3. The molecule has 1 aromatic heterocycles. The van der Waals surface area contributed by atoms with Crippen LogP contribution in [0.2, 0.25) is 0 Å². The number of pyridine rings is 1. The molecule has 10 heavy (non-hydrogen) atoms. The van der Waals surface area contributed by atoms with Crippen LogP contribution < -0.4 is 0 Å². The van der Waals surface area contributed by atoms with Gasteiger partial charge in [0, 0.05) is 0 Å². The number of carbonyl (C=O) groups excluding carboxylic acids is 1. The lowest BCUT2D eigenvalue weighted by Gasteiger charge is -1.94. The second-order valence-electron chi connectivity index (χ2n) is 1.70. The number of nitrogens with zero attached hydrogens (tertiary/aromatic N) is 1. The first-order valence-electron chi connectivity index (χ1n) is 2.58. The summed E-state index contributed by atoms with van der Waals surface area (Å²) in [5.74, 6) is -0.852. The zero-order valence-corrected chi connectivity index (χ0v) is 4.98. The van der Waals surface area contributed by atoms with Crippen LogP contribution in [0.3, 0.4) is 0 Å². The third kappa shape index (κ3) is 1.05. The number of hydrogen-bond donors (Lipinski definition) is 2. The highest BCUT2D eigenvalue weighted by Gasteiger charge is 1.99. The fourth-order valence-electron chi connectivity index (χ4n) is 0.521. The molecule has 0 bridgehead atoms. The Kier molecular flexibility index (Phi) is 1.53. The number of hydrogen-bond acceptors (Lipinski definition) is 4. The summed E-state index contributed by atoms with van der Waals surface area (Å²) in [6.07, 6.45) is 0.485. The lowest BCUT2D eigenvalue weighted by molar-refractivity contribution is 0.111. The van der Waals surface area contributed by atoms with Gasteiger partial charge in [0.25, 0.3) is 5.88 Å². The van der Waals surface area contributed by atoms with Crippen molar-refractivity contribution in [2.24, 2.45) is 0 Å². The number of aldehydes is 1. The van der Waals surface area contributed by atoms with E-state index in [0.717, 1.165) is 0 Å². The molecule has 2 N–H and O–H groups in total. The number of aromatic hydroxyl groups is 2. The quantitative estimate of drug-likeness (QED) is 0.549. The lowest BCUT2D eigenvalue weighted by atomic mass is 10.3. The molecular weight excluding hydrogens is 134 g/mol. The Morgan fingerprint density at radius 3 is 2.60 bits per heavy atom. The van der Waals surface area contributed by atoms with Gasteiger partial charge in [-0.3, -0.25) is 4.79 Å². The minimum atomic E-state index is -0.524. The van der Waals surface area contributed by atoms with Crippen LogP contribution in [0.1, 0.15) is 10.5 Å². The highest BCUT2D eigenvalue weighted by Crippen LogP contribution is 2.19. The molecule has 0 aliphatic heterocycles. The number of carbonyl (C=O) groups is 1. The average molecular weight is 139 g/mol. The molecule has 0 aliphatic carbocycles. The summed E-state index contributed by atoms with van der Waals surface area (Å²) in [7, 11) is 0. The summed E-state index contributed by atoms with van der Waals surface area (Å²) in [6.45, 7) is 0. The number of rotatable bonds is 1. The van der Waals surface area contributed by atoms with Gasteiger partial charge >= 0.3 is 0 Å². The van der Waals surface area contributed by atoms with Gasteiger partial charge in [-0.05, 0) is 12.1 Å². The van der Waals surface area contributed by atoms with Gasteiger partial charge in [0.1, 0.15) is 5.69 Å². The van der Waals surface area contributed by atoms with Crippen LogP contribution in [-0.2, 0) is 0 Å². The van der Waals surface area contributed by atoms with Crippen molar-refractivity contribution in [3.8, 4) is 11.6 Å². The van der Waals surface area contributed by atoms with E-state index in [1.54, 1.807) is 0 Å². The largest absolute Gasteiger partial charge is 0.503 e. The van der Waals surface area contributed by atoms with Crippen LogP contribution >= 0.6 is 0 Å². The molecule has 4 nitrogen and oxygen atoms in total. The fourth-order valence-corrected chi connectivity index (χ4v) is 0.521. The predicted octanol–water partition coefficient (Wildman–Crippen LogP) is 0.305. The van der Waals surface area contributed by atoms with Gasteiger partial charge < -0.3 is 10.2 Å². The van der Waals surface area contributed by atoms with Gasteiger partial charge in [0.2, 0.25) is 0 Å². The first-order chi connectivity index (χ1) is 4.74. The molecule has 0 aromatic carbocycles. The summed E-state index contributed by atoms with van der Waals surface area (Å²) in [5.41, 5.74) is 0.0929. The molecule has 1 aromatic rings. The van der Waals surface area contributed by atoms with E-state index in [0.29, 0.717) is 6.29 Å². The Morgan fingerprint density at radius 1 is 1.40 bits per heavy atom. The molecule has 0 radical (unpaired) electrons. The van der Waals surface area contributed by atoms with Gasteiger partial charge in [-0.1, -0.05) is 0 Å². The summed E-state index contributed by atoms with van der Waals surface area (Å²) in [5, 5.41) is 17.4. The van der Waals surface area contributed by atoms with E-state index in [4.69, 9.17) is 10.2 Å². The zero-order chi connectivity index (χ0) is 7.56. The Morgan fingerprint density at radius 2 is 2.10 bits per heavy atom.